The molecule has 46 heavy (non-hydrogen) atoms. The molecule has 1 aliphatic heterocycles. The van der Waals surface area contributed by atoms with Crippen LogP contribution in [-0.2, 0) is 14.8 Å². The molecule has 4 atom stereocenters. The van der Waals surface area contributed by atoms with Crippen LogP contribution < -0.4 is 15.4 Å². The summed E-state index contributed by atoms with van der Waals surface area (Å²) < 4.78 is 38.1. The van der Waals surface area contributed by atoms with Crippen LogP contribution in [0, 0.1) is 5.92 Å². The number of aliphatic hydroxyl groups is 1. The molecule has 11 nitrogen and oxygen atoms in total. The third-order valence-electron chi connectivity index (χ3n) is 8.35. The lowest BCUT2D eigenvalue weighted by Gasteiger charge is -2.35. The van der Waals surface area contributed by atoms with Gasteiger partial charge in [-0.25, -0.2) is 17.5 Å². The summed E-state index contributed by atoms with van der Waals surface area (Å²) in [6, 6.07) is 17.3. The molecule has 1 heterocycles. The maximum Gasteiger partial charge on any atom is 0.323 e. The Morgan fingerprint density at radius 3 is 2.57 bits per heavy atom. The predicted octanol–water partition coefficient (Wildman–Crippen LogP) is 5.17. The van der Waals surface area contributed by atoms with Gasteiger partial charge in [-0.1, -0.05) is 43.3 Å². The number of hydrogen-bond acceptors (Lipinski definition) is 7. The molecule has 3 aromatic carbocycles. The van der Waals surface area contributed by atoms with Crippen LogP contribution in [0.25, 0.3) is 10.8 Å². The van der Waals surface area contributed by atoms with Gasteiger partial charge in [0.15, 0.2) is 0 Å². The minimum absolute atomic E-state index is 0.130. The van der Waals surface area contributed by atoms with Crippen LogP contribution >= 0.6 is 0 Å². The van der Waals surface area contributed by atoms with Gasteiger partial charge in [-0.05, 0) is 62.8 Å². The normalized spacial score (nSPS) is 20.8. The fraction of sp³-hybridized carbons (Fsp3) is 0.471. The number of sulfonamides is 1. The molecule has 0 radical (unpaired) electrons. The molecule has 0 fully saturated rings. The highest BCUT2D eigenvalue weighted by Gasteiger charge is 2.31. The molecule has 0 bridgehead atoms. The zero-order valence-electron chi connectivity index (χ0n) is 27.2. The molecule has 250 valence electrons. The molecular weight excluding hydrogens is 608 g/mol. The molecule has 3 aromatic rings. The highest BCUT2D eigenvalue weighted by Crippen LogP contribution is 2.29. The van der Waals surface area contributed by atoms with Crippen LogP contribution in [0.4, 0.5) is 16.2 Å². The second-order valence-electron chi connectivity index (χ2n) is 12.2. The number of carbonyl (C=O) groups excluding carboxylic acids is 2. The van der Waals surface area contributed by atoms with Crippen molar-refractivity contribution in [2.24, 2.45) is 5.92 Å². The molecule has 3 amide bonds. The summed E-state index contributed by atoms with van der Waals surface area (Å²) in [6.07, 6.45) is 2.74. The number of ether oxygens (including phenoxy) is 2. The Balaban J connectivity index is 1.64. The monoisotopic (exact) mass is 654 g/mol. The number of hydrogen-bond donors (Lipinski definition) is 3. The minimum Gasteiger partial charge on any atom is -0.490 e. The van der Waals surface area contributed by atoms with Crippen molar-refractivity contribution < 1.29 is 32.6 Å². The maximum absolute atomic E-state index is 14.3. The lowest BCUT2D eigenvalue weighted by atomic mass is 10.0. The van der Waals surface area contributed by atoms with Crippen LogP contribution in [0.1, 0.15) is 50.4 Å². The van der Waals surface area contributed by atoms with Gasteiger partial charge in [0.25, 0.3) is 5.91 Å². The van der Waals surface area contributed by atoms with Crippen molar-refractivity contribution in [3.8, 4) is 5.75 Å². The number of rotatable bonds is 7. The second-order valence-corrected chi connectivity index (χ2v) is 14.2. The predicted molar refractivity (Wildman–Crippen MR) is 181 cm³/mol. The zero-order valence-corrected chi connectivity index (χ0v) is 28.0. The molecule has 12 heteroatoms. The van der Waals surface area contributed by atoms with Crippen molar-refractivity contribution in [1.82, 2.24) is 9.21 Å². The number of amides is 3. The van der Waals surface area contributed by atoms with E-state index in [1.807, 2.05) is 56.3 Å². The van der Waals surface area contributed by atoms with Gasteiger partial charge in [-0.2, -0.15) is 0 Å². The molecule has 0 saturated heterocycles. The Labute approximate surface area is 271 Å². The fourth-order valence-corrected chi connectivity index (χ4v) is 5.89. The Morgan fingerprint density at radius 2 is 1.83 bits per heavy atom. The van der Waals surface area contributed by atoms with Gasteiger partial charge in [0, 0.05) is 43.7 Å². The van der Waals surface area contributed by atoms with Crippen LogP contribution in [0.2, 0.25) is 0 Å². The van der Waals surface area contributed by atoms with Gasteiger partial charge >= 0.3 is 6.03 Å². The van der Waals surface area contributed by atoms with Gasteiger partial charge in [0.05, 0.1) is 42.4 Å². The first-order chi connectivity index (χ1) is 21.9. The second kappa shape index (κ2) is 15.7. The Morgan fingerprint density at radius 1 is 1.09 bits per heavy atom. The first-order valence-electron chi connectivity index (χ1n) is 15.7. The lowest BCUT2D eigenvalue weighted by molar-refractivity contribution is -0.00828. The molecule has 3 N–H and O–H groups in total. The molecule has 1 aliphatic rings. The Kier molecular flexibility index (Phi) is 12.0. The minimum atomic E-state index is -3.45. The summed E-state index contributed by atoms with van der Waals surface area (Å²) in [5.74, 6) is -0.288. The number of likely N-dealkylation sites (N-methyl/N-ethyl adjacent to an activating group) is 1. The van der Waals surface area contributed by atoms with E-state index in [4.69, 9.17) is 9.47 Å². The smallest absolute Gasteiger partial charge is 0.323 e. The maximum atomic E-state index is 14.3. The van der Waals surface area contributed by atoms with Crippen LogP contribution in [-0.4, -0.2) is 92.5 Å². The third-order valence-corrected chi connectivity index (χ3v) is 9.63. The number of fused-ring (bicyclic) bond motifs is 2. The van der Waals surface area contributed by atoms with Crippen LogP contribution in [0.3, 0.4) is 0 Å². The SMILES string of the molecule is C[C@@H]1CCCCO[C@@H](CN(C)S(C)(=O)=O)[C@H](C)CN([C@@H](C)CO)C(=O)c2cc(NC(=O)Nc3cccc4ccccc34)ccc2O1. The highest BCUT2D eigenvalue weighted by atomic mass is 32.2. The molecule has 0 unspecified atom stereocenters. The summed E-state index contributed by atoms with van der Waals surface area (Å²) in [6.45, 7) is 6.06. The zero-order chi connectivity index (χ0) is 33.4. The van der Waals surface area contributed by atoms with E-state index in [9.17, 15) is 23.1 Å². The van der Waals surface area contributed by atoms with Crippen molar-refractivity contribution in [1.29, 1.82) is 0 Å². The number of benzene rings is 3. The van der Waals surface area contributed by atoms with Crippen molar-refractivity contribution in [2.75, 3.05) is 50.2 Å². The summed E-state index contributed by atoms with van der Waals surface area (Å²) in [7, 11) is -1.94. The molecule has 0 aromatic heterocycles. The Bertz CT molecular complexity index is 1610. The standard InChI is InChI=1S/C34H46N4O7S/c1-23-20-38(24(2)22-39)33(40)29-19-27(35-34(41)36-30-15-10-13-26-12-6-7-14-28(26)30)16-17-31(29)45-25(3)11-8-9-18-44-32(23)21-37(4)46(5,42)43/h6-7,10,12-17,19,23-25,32,39H,8-9,11,18,20-22H2,1-5H3,(H2,35,36,41)/t23-,24+,25-,32+/m1/s1. The van der Waals surface area contributed by atoms with Gasteiger partial charge in [-0.15, -0.1) is 0 Å². The third kappa shape index (κ3) is 9.18. The topological polar surface area (TPSA) is 138 Å². The summed E-state index contributed by atoms with van der Waals surface area (Å²) in [5.41, 5.74) is 1.28. The largest absolute Gasteiger partial charge is 0.490 e. The first-order valence-corrected chi connectivity index (χ1v) is 17.5. The van der Waals surface area contributed by atoms with E-state index in [-0.39, 0.29) is 43.2 Å². The summed E-state index contributed by atoms with van der Waals surface area (Å²) in [5, 5.41) is 17.8. The molecule has 0 aliphatic carbocycles. The van der Waals surface area contributed by atoms with Crippen molar-refractivity contribution in [3.05, 3.63) is 66.2 Å². The average molecular weight is 655 g/mol. The quantitative estimate of drug-likeness (QED) is 0.320. The highest BCUT2D eigenvalue weighted by molar-refractivity contribution is 7.88. The van der Waals surface area contributed by atoms with E-state index >= 15 is 0 Å². The molecular formula is C34H46N4O7S. The molecule has 4 rings (SSSR count). The molecule has 0 saturated carbocycles. The van der Waals surface area contributed by atoms with Gasteiger partial charge in [0.1, 0.15) is 5.75 Å². The van der Waals surface area contributed by atoms with Crippen LogP contribution in [0.15, 0.2) is 60.7 Å². The summed E-state index contributed by atoms with van der Waals surface area (Å²) in [4.78, 5) is 29.0. The van der Waals surface area contributed by atoms with E-state index < -0.39 is 28.2 Å². The van der Waals surface area contributed by atoms with Crippen LogP contribution in [0.5, 0.6) is 5.75 Å². The van der Waals surface area contributed by atoms with Gasteiger partial charge in [0.2, 0.25) is 10.0 Å². The summed E-state index contributed by atoms with van der Waals surface area (Å²) >= 11 is 0. The Hall–Kier alpha value is -3.71. The van der Waals surface area contributed by atoms with Gasteiger partial charge < -0.3 is 30.1 Å². The first kappa shape index (κ1) is 35.1. The number of aliphatic hydroxyl groups excluding tert-OH is 1. The number of carbonyl (C=O) groups is 2. The van der Waals surface area contributed by atoms with E-state index in [1.54, 1.807) is 30.0 Å². The van der Waals surface area contributed by atoms with Crippen molar-refractivity contribution >= 4 is 44.1 Å². The molecule has 0 spiro atoms. The van der Waals surface area contributed by atoms with E-state index in [0.29, 0.717) is 30.2 Å². The van der Waals surface area contributed by atoms with Crippen molar-refractivity contribution in [3.63, 3.8) is 0 Å². The van der Waals surface area contributed by atoms with E-state index in [0.717, 1.165) is 29.9 Å². The van der Waals surface area contributed by atoms with E-state index in [2.05, 4.69) is 10.6 Å². The van der Waals surface area contributed by atoms with Crippen molar-refractivity contribution in [2.45, 2.75) is 58.3 Å². The number of urea groups is 1. The van der Waals surface area contributed by atoms with Gasteiger partial charge in [-0.3, -0.25) is 4.79 Å². The fourth-order valence-electron chi connectivity index (χ4n) is 5.47. The lowest BCUT2D eigenvalue weighted by Crippen LogP contribution is -2.47. The number of nitrogens with zero attached hydrogens (tertiary/aromatic N) is 2. The number of nitrogens with one attached hydrogen (secondary N) is 2. The number of anilines is 2. The average Bonchev–Trinajstić information content (AvgIpc) is 3.02. The van der Waals surface area contributed by atoms with E-state index in [1.165, 1.54) is 11.4 Å².